The first-order valence-corrected chi connectivity index (χ1v) is 9.37. The molecule has 0 aliphatic carbocycles. The fraction of sp³-hybridized carbons (Fsp3) is 0.842. The van der Waals surface area contributed by atoms with Crippen LogP contribution in [-0.4, -0.2) is 66.9 Å². The summed E-state index contributed by atoms with van der Waals surface area (Å²) in [5.41, 5.74) is 1.80. The summed E-state index contributed by atoms with van der Waals surface area (Å²) in [6, 6.07) is 0.348. The quantitative estimate of drug-likeness (QED) is 0.744. The lowest BCUT2D eigenvalue weighted by Gasteiger charge is -2.46. The molecule has 2 atom stereocenters. The number of likely N-dealkylation sites (tertiary alicyclic amines) is 1. The lowest BCUT2D eigenvalue weighted by atomic mass is 9.80. The predicted molar refractivity (Wildman–Crippen MR) is 91.8 cm³/mol. The molecule has 5 heteroatoms. The van der Waals surface area contributed by atoms with E-state index in [9.17, 15) is 4.79 Å². The number of fused-ring (bicyclic) bond motifs is 1. The second kappa shape index (κ2) is 5.73. The fourth-order valence-corrected chi connectivity index (χ4v) is 5.33. The molecule has 0 bridgehead atoms. The second-order valence-corrected chi connectivity index (χ2v) is 8.74. The number of carbonyl (C=O) groups is 1. The summed E-state index contributed by atoms with van der Waals surface area (Å²) in [5.74, 6) is 0.607. The molecule has 4 heterocycles. The van der Waals surface area contributed by atoms with Crippen molar-refractivity contribution in [2.24, 2.45) is 11.3 Å². The molecule has 1 amide bonds. The van der Waals surface area contributed by atoms with Crippen molar-refractivity contribution in [3.63, 3.8) is 0 Å². The van der Waals surface area contributed by atoms with Gasteiger partial charge in [-0.2, -0.15) is 0 Å². The van der Waals surface area contributed by atoms with E-state index in [1.54, 1.807) is 0 Å². The van der Waals surface area contributed by atoms with E-state index in [0.717, 1.165) is 52.1 Å². The topological polar surface area (TPSA) is 42.0 Å². The highest BCUT2D eigenvalue weighted by Gasteiger charge is 2.53. The van der Waals surface area contributed by atoms with Crippen LogP contribution < -0.4 is 0 Å². The molecular formula is C19H30N2O3. The molecule has 0 radical (unpaired) electrons. The highest BCUT2D eigenvalue weighted by Crippen LogP contribution is 2.48. The molecule has 0 aromatic carbocycles. The van der Waals surface area contributed by atoms with Gasteiger partial charge in [0.25, 0.3) is 0 Å². The SMILES string of the molecule is C=C1CN2C(COC(=O)N3CC4(CCOC4)C3)CCC2(C(C)C)C1. The van der Waals surface area contributed by atoms with Gasteiger partial charge in [-0.15, -0.1) is 0 Å². The average molecular weight is 334 g/mol. The monoisotopic (exact) mass is 334 g/mol. The van der Waals surface area contributed by atoms with Crippen molar-refractivity contribution >= 4 is 6.09 Å². The predicted octanol–water partition coefficient (Wildman–Crippen LogP) is 2.66. The number of amides is 1. The lowest BCUT2D eigenvalue weighted by Crippen LogP contribution is -2.59. The first-order chi connectivity index (χ1) is 11.4. The minimum absolute atomic E-state index is 0.146. The number of nitrogens with zero attached hydrogens (tertiary/aromatic N) is 2. The fourth-order valence-electron chi connectivity index (χ4n) is 5.33. The molecule has 0 aromatic heterocycles. The number of rotatable bonds is 3. The van der Waals surface area contributed by atoms with Crippen LogP contribution in [0, 0.1) is 11.3 Å². The van der Waals surface area contributed by atoms with E-state index in [1.807, 2.05) is 4.90 Å². The van der Waals surface area contributed by atoms with Crippen LogP contribution in [0.3, 0.4) is 0 Å². The van der Waals surface area contributed by atoms with Gasteiger partial charge >= 0.3 is 6.09 Å². The molecule has 4 rings (SSSR count). The Labute approximate surface area is 145 Å². The highest BCUT2D eigenvalue weighted by molar-refractivity contribution is 5.69. The molecular weight excluding hydrogens is 304 g/mol. The molecule has 0 saturated carbocycles. The van der Waals surface area contributed by atoms with Gasteiger partial charge in [0, 0.05) is 43.2 Å². The largest absolute Gasteiger partial charge is 0.448 e. The number of ether oxygens (including phenoxy) is 2. The van der Waals surface area contributed by atoms with Crippen LogP contribution in [-0.2, 0) is 9.47 Å². The Balaban J connectivity index is 1.30. The van der Waals surface area contributed by atoms with Crippen LogP contribution in [0.1, 0.15) is 39.5 Å². The molecule has 2 unspecified atom stereocenters. The van der Waals surface area contributed by atoms with E-state index in [-0.39, 0.29) is 17.0 Å². The Morgan fingerprint density at radius 1 is 1.42 bits per heavy atom. The summed E-state index contributed by atoms with van der Waals surface area (Å²) >= 11 is 0. The molecule has 4 fully saturated rings. The molecule has 24 heavy (non-hydrogen) atoms. The summed E-state index contributed by atoms with van der Waals surface area (Å²) in [6.45, 7) is 13.5. The normalized spacial score (nSPS) is 34.9. The first-order valence-electron chi connectivity index (χ1n) is 9.37. The summed E-state index contributed by atoms with van der Waals surface area (Å²) < 4.78 is 11.1. The maximum atomic E-state index is 12.3. The van der Waals surface area contributed by atoms with Crippen LogP contribution in [0.15, 0.2) is 12.2 Å². The Morgan fingerprint density at radius 3 is 2.88 bits per heavy atom. The van der Waals surface area contributed by atoms with Crippen molar-refractivity contribution in [3.05, 3.63) is 12.2 Å². The van der Waals surface area contributed by atoms with Crippen LogP contribution >= 0.6 is 0 Å². The highest BCUT2D eigenvalue weighted by atomic mass is 16.6. The molecule has 4 aliphatic rings. The van der Waals surface area contributed by atoms with Crippen LogP contribution in [0.2, 0.25) is 0 Å². The molecule has 0 N–H and O–H groups in total. The van der Waals surface area contributed by atoms with Crippen molar-refractivity contribution in [3.8, 4) is 0 Å². The van der Waals surface area contributed by atoms with Crippen molar-refractivity contribution in [2.45, 2.75) is 51.1 Å². The Morgan fingerprint density at radius 2 is 2.21 bits per heavy atom. The lowest BCUT2D eigenvalue weighted by molar-refractivity contribution is -0.0169. The molecule has 4 saturated heterocycles. The van der Waals surface area contributed by atoms with E-state index >= 15 is 0 Å². The van der Waals surface area contributed by atoms with Gasteiger partial charge in [-0.05, 0) is 31.6 Å². The molecule has 134 valence electrons. The van der Waals surface area contributed by atoms with Gasteiger partial charge in [0.15, 0.2) is 0 Å². The Kier molecular flexibility index (Phi) is 3.92. The van der Waals surface area contributed by atoms with Gasteiger partial charge in [0.2, 0.25) is 0 Å². The Bertz CT molecular complexity index is 533. The molecule has 1 spiro atoms. The summed E-state index contributed by atoms with van der Waals surface area (Å²) in [4.78, 5) is 16.7. The molecule has 5 nitrogen and oxygen atoms in total. The smallest absolute Gasteiger partial charge is 0.409 e. The third-order valence-electron chi connectivity index (χ3n) is 6.84. The van der Waals surface area contributed by atoms with E-state index in [1.165, 1.54) is 12.0 Å². The zero-order valence-corrected chi connectivity index (χ0v) is 15.1. The number of carbonyl (C=O) groups excluding carboxylic acids is 1. The maximum Gasteiger partial charge on any atom is 0.409 e. The van der Waals surface area contributed by atoms with Crippen molar-refractivity contribution < 1.29 is 14.3 Å². The number of hydrogen-bond donors (Lipinski definition) is 0. The van der Waals surface area contributed by atoms with Crippen molar-refractivity contribution in [2.75, 3.05) is 39.5 Å². The van der Waals surface area contributed by atoms with Crippen LogP contribution in [0.25, 0.3) is 0 Å². The van der Waals surface area contributed by atoms with Gasteiger partial charge in [-0.3, -0.25) is 4.90 Å². The zero-order chi connectivity index (χ0) is 16.9. The van der Waals surface area contributed by atoms with E-state index < -0.39 is 0 Å². The van der Waals surface area contributed by atoms with Gasteiger partial charge < -0.3 is 14.4 Å². The Hall–Kier alpha value is -1.07. The molecule has 0 aromatic rings. The van der Waals surface area contributed by atoms with Gasteiger partial charge in [0.05, 0.1) is 6.61 Å². The van der Waals surface area contributed by atoms with Crippen molar-refractivity contribution in [1.29, 1.82) is 0 Å². The van der Waals surface area contributed by atoms with E-state index in [4.69, 9.17) is 9.47 Å². The van der Waals surface area contributed by atoms with Crippen LogP contribution in [0.5, 0.6) is 0 Å². The van der Waals surface area contributed by atoms with E-state index in [2.05, 4.69) is 25.3 Å². The third kappa shape index (κ3) is 2.48. The van der Waals surface area contributed by atoms with Gasteiger partial charge in [-0.1, -0.05) is 26.0 Å². The standard InChI is InChI=1S/C19H30N2O3/c1-14(2)19-5-4-16(21(19)9-15(3)8-19)10-24-17(22)20-11-18(12-20)6-7-23-13-18/h14,16H,3-13H2,1-2H3. The first kappa shape index (κ1) is 16.4. The summed E-state index contributed by atoms with van der Waals surface area (Å²) in [6.07, 6.45) is 4.34. The molecule has 4 aliphatic heterocycles. The van der Waals surface area contributed by atoms with E-state index in [0.29, 0.717) is 18.6 Å². The minimum Gasteiger partial charge on any atom is -0.448 e. The van der Waals surface area contributed by atoms with Crippen molar-refractivity contribution in [1.82, 2.24) is 9.80 Å². The summed E-state index contributed by atoms with van der Waals surface area (Å²) in [5, 5.41) is 0. The zero-order valence-electron chi connectivity index (χ0n) is 15.1. The van der Waals surface area contributed by atoms with Gasteiger partial charge in [0.1, 0.15) is 6.61 Å². The third-order valence-corrected chi connectivity index (χ3v) is 6.84. The average Bonchev–Trinajstić information content (AvgIpc) is 3.17. The summed E-state index contributed by atoms with van der Waals surface area (Å²) in [7, 11) is 0. The van der Waals surface area contributed by atoms with Crippen LogP contribution in [0.4, 0.5) is 4.79 Å². The van der Waals surface area contributed by atoms with Gasteiger partial charge in [-0.25, -0.2) is 4.79 Å². The number of hydrogen-bond acceptors (Lipinski definition) is 4. The second-order valence-electron chi connectivity index (χ2n) is 8.74. The minimum atomic E-state index is -0.146. The maximum absolute atomic E-state index is 12.3.